The molecule has 0 saturated heterocycles. The summed E-state index contributed by atoms with van der Waals surface area (Å²) in [7, 11) is 1.85. The van der Waals surface area contributed by atoms with E-state index in [4.69, 9.17) is 11.6 Å². The Balaban J connectivity index is 1.31. The van der Waals surface area contributed by atoms with Gasteiger partial charge >= 0.3 is 6.18 Å². The fraction of sp³-hybridized carbons (Fsp3) is 0.409. The number of hydrogen-bond donors (Lipinski definition) is 2. The van der Waals surface area contributed by atoms with E-state index in [1.54, 1.807) is 10.9 Å². The second-order valence-electron chi connectivity index (χ2n) is 8.11. The van der Waals surface area contributed by atoms with Crippen molar-refractivity contribution in [2.24, 2.45) is 13.0 Å². The molecule has 0 radical (unpaired) electrons. The molecule has 32 heavy (non-hydrogen) atoms. The van der Waals surface area contributed by atoms with Gasteiger partial charge in [-0.3, -0.25) is 4.79 Å². The summed E-state index contributed by atoms with van der Waals surface area (Å²) in [4.78, 5) is 16.9. The zero-order chi connectivity index (χ0) is 22.9. The fourth-order valence-electron chi connectivity index (χ4n) is 4.11. The lowest BCUT2D eigenvalue weighted by molar-refractivity contribution is -0.137. The SMILES string of the molecule is Cn1nc(NC[C@H]2CC[C@H](NC(=O)c3cc(C(F)(F)F)ccc3Cl)CC2)c2cccnc21. The Hall–Kier alpha value is -2.81. The van der Waals surface area contributed by atoms with Gasteiger partial charge in [0.05, 0.1) is 21.5 Å². The smallest absolute Gasteiger partial charge is 0.368 e. The van der Waals surface area contributed by atoms with E-state index in [0.717, 1.165) is 67.3 Å². The first-order valence-corrected chi connectivity index (χ1v) is 10.8. The highest BCUT2D eigenvalue weighted by atomic mass is 35.5. The summed E-state index contributed by atoms with van der Waals surface area (Å²) in [6.07, 6.45) is 0.475. The number of anilines is 1. The molecule has 1 amide bonds. The number of pyridine rings is 1. The van der Waals surface area contributed by atoms with Gasteiger partial charge in [0.25, 0.3) is 5.91 Å². The molecule has 1 aliphatic carbocycles. The Morgan fingerprint density at radius 3 is 2.69 bits per heavy atom. The molecule has 1 fully saturated rings. The van der Waals surface area contributed by atoms with Gasteiger partial charge in [0.1, 0.15) is 0 Å². The number of aryl methyl sites for hydroxylation is 1. The Labute approximate surface area is 188 Å². The molecule has 1 aliphatic rings. The molecule has 0 atom stereocenters. The minimum Gasteiger partial charge on any atom is -0.368 e. The predicted molar refractivity (Wildman–Crippen MR) is 117 cm³/mol. The molecule has 6 nitrogen and oxygen atoms in total. The number of rotatable bonds is 5. The van der Waals surface area contributed by atoms with E-state index in [0.29, 0.717) is 5.92 Å². The minimum atomic E-state index is -4.53. The molecule has 2 aromatic heterocycles. The number of aromatic nitrogens is 3. The van der Waals surface area contributed by atoms with E-state index in [2.05, 4.69) is 20.7 Å². The minimum absolute atomic E-state index is 0.00506. The molecule has 0 spiro atoms. The van der Waals surface area contributed by atoms with Gasteiger partial charge in [-0.1, -0.05) is 11.6 Å². The van der Waals surface area contributed by atoms with Gasteiger partial charge in [0.15, 0.2) is 11.5 Å². The van der Waals surface area contributed by atoms with Gasteiger partial charge in [-0.2, -0.15) is 18.3 Å². The Bertz CT molecular complexity index is 1120. The Morgan fingerprint density at radius 2 is 1.97 bits per heavy atom. The first-order chi connectivity index (χ1) is 15.2. The van der Waals surface area contributed by atoms with Crippen LogP contribution in [0.15, 0.2) is 36.5 Å². The van der Waals surface area contributed by atoms with Gasteiger partial charge in [-0.15, -0.1) is 0 Å². The lowest BCUT2D eigenvalue weighted by atomic mass is 9.86. The van der Waals surface area contributed by atoms with E-state index < -0.39 is 17.6 Å². The van der Waals surface area contributed by atoms with E-state index in [-0.39, 0.29) is 16.6 Å². The van der Waals surface area contributed by atoms with Crippen LogP contribution in [0.4, 0.5) is 19.0 Å². The van der Waals surface area contributed by atoms with Gasteiger partial charge in [-0.05, 0) is 61.9 Å². The summed E-state index contributed by atoms with van der Waals surface area (Å²) in [5.74, 6) is 0.634. The van der Waals surface area contributed by atoms with Crippen LogP contribution in [0.1, 0.15) is 41.6 Å². The highest BCUT2D eigenvalue weighted by molar-refractivity contribution is 6.33. The monoisotopic (exact) mass is 465 g/mol. The number of nitrogens with one attached hydrogen (secondary N) is 2. The van der Waals surface area contributed by atoms with Crippen LogP contribution in [0, 0.1) is 5.92 Å². The highest BCUT2D eigenvalue weighted by Gasteiger charge is 2.32. The van der Waals surface area contributed by atoms with Crippen molar-refractivity contribution in [1.29, 1.82) is 0 Å². The zero-order valence-corrected chi connectivity index (χ0v) is 18.2. The molecule has 2 N–H and O–H groups in total. The first kappa shape index (κ1) is 22.4. The lowest BCUT2D eigenvalue weighted by Crippen LogP contribution is -2.38. The number of amides is 1. The second-order valence-corrected chi connectivity index (χ2v) is 8.52. The molecule has 0 bridgehead atoms. The molecule has 1 aromatic carbocycles. The highest BCUT2D eigenvalue weighted by Crippen LogP contribution is 2.32. The van der Waals surface area contributed by atoms with Gasteiger partial charge in [0.2, 0.25) is 0 Å². The third-order valence-corrected chi connectivity index (χ3v) is 6.21. The van der Waals surface area contributed by atoms with Gasteiger partial charge < -0.3 is 10.6 Å². The van der Waals surface area contributed by atoms with Crippen LogP contribution in [0.3, 0.4) is 0 Å². The van der Waals surface area contributed by atoms with E-state index in [9.17, 15) is 18.0 Å². The number of carbonyl (C=O) groups excluding carboxylic acids is 1. The molecular weight excluding hydrogens is 443 g/mol. The van der Waals surface area contributed by atoms with Crippen LogP contribution in [-0.4, -0.2) is 33.3 Å². The fourth-order valence-corrected chi connectivity index (χ4v) is 4.32. The van der Waals surface area contributed by atoms with Gasteiger partial charge in [0, 0.05) is 25.8 Å². The van der Waals surface area contributed by atoms with Crippen LogP contribution in [-0.2, 0) is 13.2 Å². The predicted octanol–water partition coefficient (Wildman–Crippen LogP) is 5.04. The van der Waals surface area contributed by atoms with Crippen LogP contribution in [0.25, 0.3) is 11.0 Å². The van der Waals surface area contributed by atoms with Crippen molar-refractivity contribution in [1.82, 2.24) is 20.1 Å². The summed E-state index contributed by atoms with van der Waals surface area (Å²) in [6.45, 7) is 0.751. The van der Waals surface area contributed by atoms with Crippen molar-refractivity contribution in [2.75, 3.05) is 11.9 Å². The molecular formula is C22H23ClF3N5O. The Kier molecular flexibility index (Phi) is 6.28. The number of halogens is 4. The average molecular weight is 466 g/mol. The normalized spacial score (nSPS) is 19.2. The van der Waals surface area contributed by atoms with Gasteiger partial charge in [-0.25, -0.2) is 9.67 Å². The molecule has 0 unspecified atom stereocenters. The zero-order valence-electron chi connectivity index (χ0n) is 17.4. The maximum absolute atomic E-state index is 13.0. The van der Waals surface area contributed by atoms with Crippen LogP contribution in [0.2, 0.25) is 5.02 Å². The molecule has 170 valence electrons. The van der Waals surface area contributed by atoms with Crippen molar-refractivity contribution in [3.8, 4) is 0 Å². The molecule has 10 heteroatoms. The number of benzene rings is 1. The van der Waals surface area contributed by atoms with Crippen molar-refractivity contribution in [3.63, 3.8) is 0 Å². The van der Waals surface area contributed by atoms with E-state index in [1.807, 2.05) is 19.2 Å². The Morgan fingerprint density at radius 1 is 1.22 bits per heavy atom. The summed E-state index contributed by atoms with van der Waals surface area (Å²) in [5.41, 5.74) is -0.227. The summed E-state index contributed by atoms with van der Waals surface area (Å²) in [6, 6.07) is 6.54. The number of alkyl halides is 3. The summed E-state index contributed by atoms with van der Waals surface area (Å²) >= 11 is 5.98. The van der Waals surface area contributed by atoms with Crippen molar-refractivity contribution < 1.29 is 18.0 Å². The van der Waals surface area contributed by atoms with E-state index >= 15 is 0 Å². The van der Waals surface area contributed by atoms with Crippen molar-refractivity contribution in [3.05, 3.63) is 52.7 Å². The maximum atomic E-state index is 13.0. The van der Waals surface area contributed by atoms with Crippen LogP contribution >= 0.6 is 11.6 Å². The quantitative estimate of drug-likeness (QED) is 0.553. The summed E-state index contributed by atoms with van der Waals surface area (Å²) in [5, 5.41) is 11.7. The van der Waals surface area contributed by atoms with Crippen molar-refractivity contribution in [2.45, 2.75) is 37.9 Å². The molecule has 4 rings (SSSR count). The number of hydrogen-bond acceptors (Lipinski definition) is 4. The lowest BCUT2D eigenvalue weighted by Gasteiger charge is -2.29. The number of nitrogens with zero attached hydrogens (tertiary/aromatic N) is 3. The molecule has 2 heterocycles. The number of carbonyl (C=O) groups is 1. The third kappa shape index (κ3) is 4.82. The largest absolute Gasteiger partial charge is 0.416 e. The third-order valence-electron chi connectivity index (χ3n) is 5.88. The average Bonchev–Trinajstić information content (AvgIpc) is 3.08. The topological polar surface area (TPSA) is 71.8 Å². The van der Waals surface area contributed by atoms with Crippen LogP contribution in [0.5, 0.6) is 0 Å². The summed E-state index contributed by atoms with van der Waals surface area (Å²) < 4.78 is 40.6. The second kappa shape index (κ2) is 8.97. The first-order valence-electron chi connectivity index (χ1n) is 10.4. The van der Waals surface area contributed by atoms with Crippen LogP contribution < -0.4 is 10.6 Å². The van der Waals surface area contributed by atoms with Crippen molar-refractivity contribution >= 4 is 34.4 Å². The maximum Gasteiger partial charge on any atom is 0.416 e. The molecule has 0 aliphatic heterocycles. The molecule has 3 aromatic rings. The standard InChI is InChI=1S/C22H23ClF3N5O/c1-31-20-16(3-2-10-27-20)19(30-31)28-12-13-4-7-15(8-5-13)29-21(32)17-11-14(22(24,25)26)6-9-18(17)23/h2-3,6,9-11,13,15H,4-5,7-8,12H2,1H3,(H,28,30)(H,29,32)/t13-,15-. The number of fused-ring (bicyclic) bond motifs is 1. The van der Waals surface area contributed by atoms with E-state index in [1.165, 1.54) is 0 Å². The molecule has 1 saturated carbocycles.